The predicted molar refractivity (Wildman–Crippen MR) is 137 cm³/mol. The lowest BCUT2D eigenvalue weighted by Gasteiger charge is -2.38. The van der Waals surface area contributed by atoms with Crippen molar-refractivity contribution in [2.24, 2.45) is 0 Å². The second-order valence-corrected chi connectivity index (χ2v) is 9.60. The van der Waals surface area contributed by atoms with E-state index in [1.807, 2.05) is 17.0 Å². The van der Waals surface area contributed by atoms with Crippen molar-refractivity contribution in [3.63, 3.8) is 0 Å². The van der Waals surface area contributed by atoms with Gasteiger partial charge in [-0.1, -0.05) is 12.1 Å². The Balaban J connectivity index is 1.23. The van der Waals surface area contributed by atoms with Crippen LogP contribution in [0.5, 0.6) is 5.75 Å². The molecular weight excluding hydrogens is 442 g/mol. The van der Waals surface area contributed by atoms with Crippen LogP contribution in [0.2, 0.25) is 0 Å². The van der Waals surface area contributed by atoms with Crippen molar-refractivity contribution in [3.8, 4) is 5.75 Å². The van der Waals surface area contributed by atoms with Gasteiger partial charge < -0.3 is 19.7 Å². The zero-order valence-corrected chi connectivity index (χ0v) is 20.9. The number of ether oxygens (including phenoxy) is 2. The molecule has 2 aliphatic rings. The molecule has 2 aromatic carbocycles. The van der Waals surface area contributed by atoms with Crippen LogP contribution in [0.3, 0.4) is 0 Å². The van der Waals surface area contributed by atoms with Gasteiger partial charge in [0.25, 0.3) is 11.8 Å². The van der Waals surface area contributed by atoms with Gasteiger partial charge in [-0.05, 0) is 81.5 Å². The Kier molecular flexibility index (Phi) is 8.77. The normalized spacial score (nSPS) is 20.9. The number of rotatable bonds is 8. The third-order valence-corrected chi connectivity index (χ3v) is 6.99. The lowest BCUT2D eigenvalue weighted by molar-refractivity contribution is -0.139. The summed E-state index contributed by atoms with van der Waals surface area (Å²) in [5.74, 6) is 0.418. The Morgan fingerprint density at radius 1 is 0.971 bits per heavy atom. The Hall–Kier alpha value is -2.90. The van der Waals surface area contributed by atoms with Crippen molar-refractivity contribution in [2.45, 2.75) is 51.6 Å². The van der Waals surface area contributed by atoms with Gasteiger partial charge in [0.05, 0.1) is 13.2 Å². The molecule has 0 bridgehead atoms. The molecule has 0 radical (unpaired) electrons. The van der Waals surface area contributed by atoms with Crippen LogP contribution in [-0.2, 0) is 16.0 Å². The van der Waals surface area contributed by atoms with Crippen LogP contribution in [0.15, 0.2) is 48.5 Å². The van der Waals surface area contributed by atoms with E-state index in [-0.39, 0.29) is 30.5 Å². The Morgan fingerprint density at radius 2 is 1.63 bits per heavy atom. The Labute approximate surface area is 208 Å². The number of nitrogens with one attached hydrogen (secondary N) is 1. The largest absolute Gasteiger partial charge is 0.484 e. The van der Waals surface area contributed by atoms with Crippen LogP contribution in [0.4, 0.5) is 5.69 Å². The first kappa shape index (κ1) is 25.2. The number of hydrogen-bond acceptors (Lipinski definition) is 5. The fourth-order valence-electron chi connectivity index (χ4n) is 4.91. The SMILES string of the molecule is CC1CCCC(C)N1C(=O)COc1ccc(C(=O)Nc2ccc(CCN3CCOCC3)cc2)cc1. The number of carbonyl (C=O) groups is 2. The summed E-state index contributed by atoms with van der Waals surface area (Å²) in [6, 6.07) is 15.4. The minimum absolute atomic E-state index is 0.0120. The average Bonchev–Trinajstić information content (AvgIpc) is 2.88. The van der Waals surface area contributed by atoms with Crippen molar-refractivity contribution >= 4 is 17.5 Å². The minimum Gasteiger partial charge on any atom is -0.484 e. The first-order valence-corrected chi connectivity index (χ1v) is 12.7. The fraction of sp³-hybridized carbons (Fsp3) is 0.500. The summed E-state index contributed by atoms with van der Waals surface area (Å²) in [5, 5.41) is 2.95. The number of morpholine rings is 1. The molecule has 2 atom stereocenters. The van der Waals surface area contributed by atoms with Crippen LogP contribution < -0.4 is 10.1 Å². The number of carbonyl (C=O) groups excluding carboxylic acids is 2. The number of benzene rings is 2. The predicted octanol–water partition coefficient (Wildman–Crippen LogP) is 3.98. The van der Waals surface area contributed by atoms with Gasteiger partial charge >= 0.3 is 0 Å². The molecule has 0 aliphatic carbocycles. The van der Waals surface area contributed by atoms with Crippen LogP contribution in [0.1, 0.15) is 49.0 Å². The van der Waals surface area contributed by atoms with Gasteiger partial charge in [0.2, 0.25) is 0 Å². The molecule has 2 fully saturated rings. The lowest BCUT2D eigenvalue weighted by Crippen LogP contribution is -2.49. The first-order chi connectivity index (χ1) is 17.0. The molecule has 2 saturated heterocycles. The zero-order valence-electron chi connectivity index (χ0n) is 20.9. The van der Waals surface area contributed by atoms with Gasteiger partial charge in [0.15, 0.2) is 6.61 Å². The summed E-state index contributed by atoms with van der Waals surface area (Å²) in [4.78, 5) is 29.7. The highest BCUT2D eigenvalue weighted by Crippen LogP contribution is 2.23. The average molecular weight is 480 g/mol. The highest BCUT2D eigenvalue weighted by atomic mass is 16.5. The van der Waals surface area contributed by atoms with E-state index in [0.717, 1.165) is 64.2 Å². The van der Waals surface area contributed by atoms with Crippen molar-refractivity contribution in [1.82, 2.24) is 9.80 Å². The second-order valence-electron chi connectivity index (χ2n) is 9.60. The maximum Gasteiger partial charge on any atom is 0.260 e. The smallest absolute Gasteiger partial charge is 0.260 e. The van der Waals surface area contributed by atoms with Crippen LogP contribution >= 0.6 is 0 Å². The number of piperidine rings is 1. The third-order valence-electron chi connectivity index (χ3n) is 6.99. The summed E-state index contributed by atoms with van der Waals surface area (Å²) < 4.78 is 11.1. The van der Waals surface area contributed by atoms with E-state index in [4.69, 9.17) is 9.47 Å². The molecule has 35 heavy (non-hydrogen) atoms. The highest BCUT2D eigenvalue weighted by molar-refractivity contribution is 6.04. The molecule has 2 unspecified atom stereocenters. The summed E-state index contributed by atoms with van der Waals surface area (Å²) in [6.07, 6.45) is 4.22. The number of amides is 2. The highest BCUT2D eigenvalue weighted by Gasteiger charge is 2.29. The van der Waals surface area contributed by atoms with E-state index in [1.54, 1.807) is 24.3 Å². The molecule has 2 heterocycles. The van der Waals surface area contributed by atoms with Gasteiger partial charge in [-0.2, -0.15) is 0 Å². The van der Waals surface area contributed by atoms with Gasteiger partial charge in [0, 0.05) is 43.0 Å². The van der Waals surface area contributed by atoms with Crippen molar-refractivity contribution < 1.29 is 19.1 Å². The van der Waals surface area contributed by atoms with Gasteiger partial charge in [0.1, 0.15) is 5.75 Å². The molecule has 2 aliphatic heterocycles. The molecular formula is C28H37N3O4. The van der Waals surface area contributed by atoms with E-state index < -0.39 is 0 Å². The fourth-order valence-corrected chi connectivity index (χ4v) is 4.91. The number of likely N-dealkylation sites (tertiary alicyclic amines) is 1. The molecule has 4 rings (SSSR count). The minimum atomic E-state index is -0.176. The Bertz CT molecular complexity index is 961. The van der Waals surface area contributed by atoms with E-state index in [0.29, 0.717) is 11.3 Å². The lowest BCUT2D eigenvalue weighted by atomic mass is 9.97. The number of hydrogen-bond donors (Lipinski definition) is 1. The standard InChI is InChI=1S/C28H37N3O4/c1-21-4-3-5-22(2)31(21)27(32)20-35-26-12-8-24(9-13-26)28(33)29-25-10-6-23(7-11-25)14-15-30-16-18-34-19-17-30/h6-13,21-22H,3-5,14-20H2,1-2H3,(H,29,33). The maximum absolute atomic E-state index is 12.7. The first-order valence-electron chi connectivity index (χ1n) is 12.7. The third kappa shape index (κ3) is 7.05. The van der Waals surface area contributed by atoms with Crippen LogP contribution in [0.25, 0.3) is 0 Å². The van der Waals surface area contributed by atoms with Gasteiger partial charge in [-0.3, -0.25) is 14.5 Å². The number of anilines is 1. The van der Waals surface area contributed by atoms with E-state index in [9.17, 15) is 9.59 Å². The van der Waals surface area contributed by atoms with Crippen molar-refractivity contribution in [1.29, 1.82) is 0 Å². The molecule has 2 amide bonds. The molecule has 2 aromatic rings. The maximum atomic E-state index is 12.7. The molecule has 7 nitrogen and oxygen atoms in total. The summed E-state index contributed by atoms with van der Waals surface area (Å²) in [5.41, 5.74) is 2.55. The topological polar surface area (TPSA) is 71.1 Å². The van der Waals surface area contributed by atoms with Crippen LogP contribution in [-0.4, -0.2) is 73.2 Å². The van der Waals surface area contributed by atoms with E-state index in [1.165, 1.54) is 5.56 Å². The molecule has 188 valence electrons. The molecule has 1 N–H and O–H groups in total. The quantitative estimate of drug-likeness (QED) is 0.620. The van der Waals surface area contributed by atoms with Crippen molar-refractivity contribution in [3.05, 3.63) is 59.7 Å². The Morgan fingerprint density at radius 3 is 2.29 bits per heavy atom. The molecule has 0 spiro atoms. The summed E-state index contributed by atoms with van der Waals surface area (Å²) >= 11 is 0. The molecule has 0 saturated carbocycles. The second kappa shape index (κ2) is 12.2. The monoisotopic (exact) mass is 479 g/mol. The van der Waals surface area contributed by atoms with E-state index >= 15 is 0 Å². The summed E-state index contributed by atoms with van der Waals surface area (Å²) in [6.45, 7) is 8.83. The molecule has 7 heteroatoms. The van der Waals surface area contributed by atoms with Gasteiger partial charge in [-0.25, -0.2) is 0 Å². The summed E-state index contributed by atoms with van der Waals surface area (Å²) in [7, 11) is 0. The van der Waals surface area contributed by atoms with Crippen molar-refractivity contribution in [2.75, 3.05) is 44.8 Å². The van der Waals surface area contributed by atoms with Gasteiger partial charge in [-0.15, -0.1) is 0 Å². The number of nitrogens with zero attached hydrogens (tertiary/aromatic N) is 2. The molecule has 0 aromatic heterocycles. The zero-order chi connectivity index (χ0) is 24.6. The van der Waals surface area contributed by atoms with Crippen LogP contribution in [0, 0.1) is 0 Å². The van der Waals surface area contributed by atoms with E-state index in [2.05, 4.69) is 36.2 Å².